The average molecular weight is 311 g/mol. The number of carbonyl (C=O) groups excluding carboxylic acids is 1. The summed E-state index contributed by atoms with van der Waals surface area (Å²) >= 11 is 0. The van der Waals surface area contributed by atoms with E-state index < -0.39 is 10.0 Å². The van der Waals surface area contributed by atoms with Crippen molar-refractivity contribution in [2.45, 2.75) is 43.5 Å². The molecular weight excluding hydrogens is 290 g/mol. The van der Waals surface area contributed by atoms with Crippen LogP contribution >= 0.6 is 0 Å². The summed E-state index contributed by atoms with van der Waals surface area (Å²) in [6, 6.07) is 4.41. The Bertz CT molecular complexity index is 628. The normalized spacial score (nSPS) is 15.6. The van der Waals surface area contributed by atoms with Gasteiger partial charge in [-0.05, 0) is 30.2 Å². The van der Waals surface area contributed by atoms with Crippen LogP contribution in [0.1, 0.15) is 31.7 Å². The zero-order valence-corrected chi connectivity index (χ0v) is 12.9. The summed E-state index contributed by atoms with van der Waals surface area (Å²) in [5.74, 6) is -0.115. The molecule has 6 nitrogen and oxygen atoms in total. The number of anilines is 1. The van der Waals surface area contributed by atoms with Crippen LogP contribution in [-0.4, -0.2) is 26.9 Å². The summed E-state index contributed by atoms with van der Waals surface area (Å²) in [6.07, 6.45) is 2.85. The minimum Gasteiger partial charge on any atom is -0.329 e. The number of nitrogens with one attached hydrogen (secondary N) is 2. The van der Waals surface area contributed by atoms with E-state index in [4.69, 9.17) is 5.73 Å². The van der Waals surface area contributed by atoms with E-state index in [1.807, 2.05) is 6.92 Å². The van der Waals surface area contributed by atoms with Gasteiger partial charge in [0.1, 0.15) is 0 Å². The molecule has 1 amide bonds. The van der Waals surface area contributed by atoms with Crippen molar-refractivity contribution in [3.63, 3.8) is 0 Å². The fraction of sp³-hybridized carbons (Fsp3) is 0.500. The van der Waals surface area contributed by atoms with Gasteiger partial charge in [-0.3, -0.25) is 4.79 Å². The number of rotatable bonds is 7. The molecule has 0 aliphatic carbocycles. The first kappa shape index (κ1) is 15.9. The molecule has 7 heteroatoms. The van der Waals surface area contributed by atoms with Gasteiger partial charge in [0.15, 0.2) is 0 Å². The Labute approximate surface area is 125 Å². The summed E-state index contributed by atoms with van der Waals surface area (Å²) in [5.41, 5.74) is 7.02. The molecular formula is C14H21N3O3S. The van der Waals surface area contributed by atoms with Crippen LogP contribution in [0, 0.1) is 0 Å². The summed E-state index contributed by atoms with van der Waals surface area (Å²) in [6.45, 7) is 2.32. The topological polar surface area (TPSA) is 101 Å². The van der Waals surface area contributed by atoms with Crippen LogP contribution in [0.25, 0.3) is 0 Å². The Balaban J connectivity index is 2.16. The molecule has 0 spiro atoms. The van der Waals surface area contributed by atoms with Crippen molar-refractivity contribution in [1.29, 1.82) is 0 Å². The Hall–Kier alpha value is -1.44. The lowest BCUT2D eigenvalue weighted by molar-refractivity contribution is -0.115. The Morgan fingerprint density at radius 2 is 2.19 bits per heavy atom. The number of nitrogens with two attached hydrogens (primary N) is 1. The van der Waals surface area contributed by atoms with Gasteiger partial charge in [0.25, 0.3) is 0 Å². The number of unbranched alkanes of at least 4 members (excludes halogenated alkanes) is 1. The Kier molecular flexibility index (Phi) is 4.97. The standard InChI is InChI=1S/C14H21N3O3S/c1-2-3-4-11(9-15)17-21(19,20)12-5-6-13-10(7-12)8-14(18)16-13/h5-7,11,17H,2-4,8-9,15H2,1H3,(H,16,18). The summed E-state index contributed by atoms with van der Waals surface area (Å²) in [7, 11) is -3.61. The van der Waals surface area contributed by atoms with Crippen molar-refractivity contribution in [3.05, 3.63) is 23.8 Å². The lowest BCUT2D eigenvalue weighted by Crippen LogP contribution is -2.40. The van der Waals surface area contributed by atoms with Crippen LogP contribution in [0.5, 0.6) is 0 Å². The quantitative estimate of drug-likeness (QED) is 0.698. The van der Waals surface area contributed by atoms with Crippen molar-refractivity contribution in [1.82, 2.24) is 4.72 Å². The number of fused-ring (bicyclic) bond motifs is 1. The summed E-state index contributed by atoms with van der Waals surface area (Å²) < 4.78 is 27.4. The first-order valence-electron chi connectivity index (χ1n) is 7.11. The number of carbonyl (C=O) groups is 1. The van der Waals surface area contributed by atoms with Gasteiger partial charge in [0, 0.05) is 18.3 Å². The fourth-order valence-corrected chi connectivity index (χ4v) is 3.67. The molecule has 1 aromatic carbocycles. The van der Waals surface area contributed by atoms with Crippen LogP contribution in [-0.2, 0) is 21.2 Å². The smallest absolute Gasteiger partial charge is 0.240 e. The molecule has 1 atom stereocenters. The first-order chi connectivity index (χ1) is 9.96. The molecule has 1 heterocycles. The maximum absolute atomic E-state index is 12.4. The van der Waals surface area contributed by atoms with E-state index in [0.717, 1.165) is 19.3 Å². The molecule has 2 rings (SSSR count). The van der Waals surface area contributed by atoms with Crippen LogP contribution < -0.4 is 15.8 Å². The van der Waals surface area contributed by atoms with Gasteiger partial charge >= 0.3 is 0 Å². The average Bonchev–Trinajstić information content (AvgIpc) is 2.82. The van der Waals surface area contributed by atoms with E-state index >= 15 is 0 Å². The number of hydrogen-bond acceptors (Lipinski definition) is 4. The van der Waals surface area contributed by atoms with Gasteiger partial charge < -0.3 is 11.1 Å². The third-order valence-electron chi connectivity index (χ3n) is 3.52. The molecule has 0 bridgehead atoms. The highest BCUT2D eigenvalue weighted by Gasteiger charge is 2.23. The minimum atomic E-state index is -3.61. The zero-order chi connectivity index (χ0) is 15.5. The largest absolute Gasteiger partial charge is 0.329 e. The molecule has 1 unspecified atom stereocenters. The van der Waals surface area contributed by atoms with E-state index in [2.05, 4.69) is 10.0 Å². The molecule has 21 heavy (non-hydrogen) atoms. The predicted molar refractivity (Wildman–Crippen MR) is 81.5 cm³/mol. The van der Waals surface area contributed by atoms with Crippen LogP contribution in [0.3, 0.4) is 0 Å². The van der Waals surface area contributed by atoms with Gasteiger partial charge in [-0.15, -0.1) is 0 Å². The van der Waals surface area contributed by atoms with Gasteiger partial charge in [0.05, 0.1) is 11.3 Å². The lowest BCUT2D eigenvalue weighted by Gasteiger charge is -2.17. The van der Waals surface area contributed by atoms with E-state index in [1.54, 1.807) is 12.1 Å². The van der Waals surface area contributed by atoms with E-state index in [-0.39, 0.29) is 29.8 Å². The zero-order valence-electron chi connectivity index (χ0n) is 12.1. The van der Waals surface area contributed by atoms with Crippen molar-refractivity contribution >= 4 is 21.6 Å². The maximum atomic E-state index is 12.4. The van der Waals surface area contributed by atoms with Crippen LogP contribution in [0.4, 0.5) is 5.69 Å². The molecule has 1 aromatic rings. The second kappa shape index (κ2) is 6.55. The molecule has 0 radical (unpaired) electrons. The van der Waals surface area contributed by atoms with E-state index in [0.29, 0.717) is 11.3 Å². The second-order valence-corrected chi connectivity index (χ2v) is 6.95. The molecule has 0 fully saturated rings. The van der Waals surface area contributed by atoms with Crippen molar-refractivity contribution in [2.75, 3.05) is 11.9 Å². The molecule has 0 saturated carbocycles. The predicted octanol–water partition coefficient (Wildman–Crippen LogP) is 0.977. The van der Waals surface area contributed by atoms with Gasteiger partial charge in [-0.1, -0.05) is 19.8 Å². The molecule has 4 N–H and O–H groups in total. The van der Waals surface area contributed by atoms with E-state index in [9.17, 15) is 13.2 Å². The number of amides is 1. The van der Waals surface area contributed by atoms with Crippen molar-refractivity contribution in [2.24, 2.45) is 5.73 Å². The monoisotopic (exact) mass is 311 g/mol. The molecule has 0 saturated heterocycles. The number of benzene rings is 1. The van der Waals surface area contributed by atoms with Gasteiger partial charge in [0.2, 0.25) is 15.9 Å². The fourth-order valence-electron chi connectivity index (χ4n) is 2.34. The lowest BCUT2D eigenvalue weighted by atomic mass is 10.1. The van der Waals surface area contributed by atoms with Gasteiger partial charge in [-0.25, -0.2) is 13.1 Å². The van der Waals surface area contributed by atoms with Crippen molar-refractivity contribution < 1.29 is 13.2 Å². The van der Waals surface area contributed by atoms with Crippen LogP contribution in [0.15, 0.2) is 23.1 Å². The maximum Gasteiger partial charge on any atom is 0.240 e. The first-order valence-corrected chi connectivity index (χ1v) is 8.59. The number of hydrogen-bond donors (Lipinski definition) is 3. The molecule has 1 aliphatic heterocycles. The Morgan fingerprint density at radius 1 is 1.43 bits per heavy atom. The molecule has 1 aliphatic rings. The van der Waals surface area contributed by atoms with Crippen LogP contribution in [0.2, 0.25) is 0 Å². The number of sulfonamides is 1. The Morgan fingerprint density at radius 3 is 2.86 bits per heavy atom. The third-order valence-corrected chi connectivity index (χ3v) is 5.04. The highest BCUT2D eigenvalue weighted by Crippen LogP contribution is 2.25. The summed E-state index contributed by atoms with van der Waals surface area (Å²) in [4.78, 5) is 11.5. The highest BCUT2D eigenvalue weighted by atomic mass is 32.2. The van der Waals surface area contributed by atoms with E-state index in [1.165, 1.54) is 6.07 Å². The van der Waals surface area contributed by atoms with Gasteiger partial charge in [-0.2, -0.15) is 0 Å². The molecule has 116 valence electrons. The third kappa shape index (κ3) is 3.81. The molecule has 0 aromatic heterocycles. The summed E-state index contributed by atoms with van der Waals surface area (Å²) in [5, 5.41) is 2.68. The highest BCUT2D eigenvalue weighted by molar-refractivity contribution is 7.89. The SMILES string of the molecule is CCCCC(CN)NS(=O)(=O)c1ccc2c(c1)CC(=O)N2. The minimum absolute atomic E-state index is 0.115. The van der Waals surface area contributed by atoms with Crippen molar-refractivity contribution in [3.8, 4) is 0 Å². The second-order valence-electron chi connectivity index (χ2n) is 5.24.